The monoisotopic (exact) mass is 268 g/mol. The molecule has 0 saturated heterocycles. The number of rotatable bonds is 2. The summed E-state index contributed by atoms with van der Waals surface area (Å²) in [4.78, 5) is 13.9. The average Bonchev–Trinajstić information content (AvgIpc) is 2.69. The van der Waals surface area contributed by atoms with Crippen LogP contribution in [0.1, 0.15) is 0 Å². The van der Waals surface area contributed by atoms with Gasteiger partial charge in [-0.2, -0.15) is 0 Å². The van der Waals surface area contributed by atoms with Gasteiger partial charge in [0.1, 0.15) is 0 Å². The highest BCUT2D eigenvalue weighted by Gasteiger charge is 2.11. The van der Waals surface area contributed by atoms with Crippen LogP contribution in [0.25, 0.3) is 11.3 Å². The van der Waals surface area contributed by atoms with E-state index in [0.717, 1.165) is 0 Å². The first-order valence-electron chi connectivity index (χ1n) is 4.00. The van der Waals surface area contributed by atoms with Crippen LogP contribution in [-0.4, -0.2) is 9.91 Å². The number of nitro groups is 1. The van der Waals surface area contributed by atoms with Crippen molar-refractivity contribution in [2.45, 2.75) is 0 Å². The maximum Gasteiger partial charge on any atom is 0.271 e. The van der Waals surface area contributed by atoms with Gasteiger partial charge in [-0.05, 0) is 6.07 Å². The van der Waals surface area contributed by atoms with E-state index in [-0.39, 0.29) is 5.69 Å². The van der Waals surface area contributed by atoms with Crippen LogP contribution in [0.4, 0.5) is 5.69 Å². The smallest absolute Gasteiger partial charge is 0.271 e. The van der Waals surface area contributed by atoms with Gasteiger partial charge in [-0.1, -0.05) is 15.9 Å². The van der Waals surface area contributed by atoms with Gasteiger partial charge in [-0.3, -0.25) is 10.1 Å². The van der Waals surface area contributed by atoms with E-state index in [1.165, 1.54) is 24.7 Å². The Labute approximate surface area is 93.0 Å². The predicted octanol–water partition coefficient (Wildman–Crippen LogP) is 3.01. The maximum atomic E-state index is 10.6. The minimum atomic E-state index is -0.454. The Hall–Kier alpha value is -1.69. The fourth-order valence-corrected chi connectivity index (χ4v) is 1.66. The van der Waals surface area contributed by atoms with Crippen molar-refractivity contribution >= 4 is 21.6 Å². The lowest BCUT2D eigenvalue weighted by molar-refractivity contribution is -0.384. The number of benzene rings is 1. The number of nitro benzene ring substituents is 1. The SMILES string of the molecule is O=[N+]([O-])c1cc(Br)cc(-c2cnco2)c1. The number of halogens is 1. The second-order valence-corrected chi connectivity index (χ2v) is 3.74. The Kier molecular flexibility index (Phi) is 2.51. The Balaban J connectivity index is 2.54. The number of hydrogen-bond acceptors (Lipinski definition) is 4. The summed E-state index contributed by atoms with van der Waals surface area (Å²) < 4.78 is 5.68. The van der Waals surface area contributed by atoms with Gasteiger partial charge >= 0.3 is 0 Å². The summed E-state index contributed by atoms with van der Waals surface area (Å²) >= 11 is 3.20. The van der Waals surface area contributed by atoms with Crippen LogP contribution in [0.5, 0.6) is 0 Å². The summed E-state index contributed by atoms with van der Waals surface area (Å²) in [5.74, 6) is 0.499. The number of hydrogen-bond donors (Lipinski definition) is 0. The van der Waals surface area contributed by atoms with Gasteiger partial charge < -0.3 is 4.42 Å². The normalized spacial score (nSPS) is 10.2. The van der Waals surface area contributed by atoms with Gasteiger partial charge in [-0.25, -0.2) is 4.98 Å². The molecule has 1 aromatic carbocycles. The van der Waals surface area contributed by atoms with Gasteiger partial charge in [0.05, 0.1) is 11.1 Å². The third kappa shape index (κ3) is 2.04. The number of nitrogens with zero attached hydrogens (tertiary/aromatic N) is 2. The first-order chi connectivity index (χ1) is 7.16. The Morgan fingerprint density at radius 1 is 1.40 bits per heavy atom. The molecular formula is C9H5BrN2O3. The molecule has 0 aliphatic heterocycles. The summed E-state index contributed by atoms with van der Waals surface area (Å²) in [5.41, 5.74) is 0.629. The van der Waals surface area contributed by atoms with Crippen LogP contribution < -0.4 is 0 Å². The molecule has 6 heteroatoms. The second kappa shape index (κ2) is 3.82. The lowest BCUT2D eigenvalue weighted by Gasteiger charge is -1.98. The molecule has 2 rings (SSSR count). The average molecular weight is 269 g/mol. The lowest BCUT2D eigenvalue weighted by atomic mass is 10.2. The molecule has 1 aromatic heterocycles. The van der Waals surface area contributed by atoms with Crippen LogP contribution in [-0.2, 0) is 0 Å². The minimum absolute atomic E-state index is 0.00998. The van der Waals surface area contributed by atoms with Crippen LogP contribution in [0, 0.1) is 10.1 Å². The van der Waals surface area contributed by atoms with E-state index in [1.54, 1.807) is 6.07 Å². The number of non-ortho nitro benzene ring substituents is 1. The highest BCUT2D eigenvalue weighted by molar-refractivity contribution is 9.10. The zero-order valence-corrected chi connectivity index (χ0v) is 8.97. The summed E-state index contributed by atoms with van der Waals surface area (Å²) in [6.07, 6.45) is 2.79. The van der Waals surface area contributed by atoms with Crippen LogP contribution in [0.2, 0.25) is 0 Å². The van der Waals surface area contributed by atoms with Gasteiger partial charge in [-0.15, -0.1) is 0 Å². The van der Waals surface area contributed by atoms with Crippen molar-refractivity contribution in [1.29, 1.82) is 0 Å². The zero-order chi connectivity index (χ0) is 10.8. The van der Waals surface area contributed by atoms with Gasteiger partial charge in [0.2, 0.25) is 0 Å². The third-order valence-corrected chi connectivity index (χ3v) is 2.27. The molecule has 76 valence electrons. The molecule has 0 spiro atoms. The highest BCUT2D eigenvalue weighted by Crippen LogP contribution is 2.28. The van der Waals surface area contributed by atoms with Crippen LogP contribution in [0.3, 0.4) is 0 Å². The summed E-state index contributed by atoms with van der Waals surface area (Å²) in [6, 6.07) is 4.60. The molecule has 2 aromatic rings. The lowest BCUT2D eigenvalue weighted by Crippen LogP contribution is -1.88. The first kappa shape index (κ1) is 9.85. The predicted molar refractivity (Wildman–Crippen MR) is 56.3 cm³/mol. The van der Waals surface area contributed by atoms with Crippen LogP contribution in [0.15, 0.2) is 39.7 Å². The van der Waals surface area contributed by atoms with E-state index in [1.807, 2.05) is 0 Å². The maximum absolute atomic E-state index is 10.6. The van der Waals surface area contributed by atoms with Crippen molar-refractivity contribution < 1.29 is 9.34 Å². The Morgan fingerprint density at radius 3 is 2.80 bits per heavy atom. The Morgan fingerprint density at radius 2 is 2.20 bits per heavy atom. The number of aromatic nitrogens is 1. The minimum Gasteiger partial charge on any atom is -0.444 e. The molecular weight excluding hydrogens is 264 g/mol. The quantitative estimate of drug-likeness (QED) is 0.620. The second-order valence-electron chi connectivity index (χ2n) is 2.82. The fourth-order valence-electron chi connectivity index (χ4n) is 1.18. The molecule has 0 amide bonds. The van der Waals surface area contributed by atoms with E-state index < -0.39 is 4.92 Å². The molecule has 5 nitrogen and oxygen atoms in total. The third-order valence-electron chi connectivity index (χ3n) is 1.81. The van der Waals surface area contributed by atoms with Crippen molar-refractivity contribution in [1.82, 2.24) is 4.98 Å². The largest absolute Gasteiger partial charge is 0.444 e. The van der Waals surface area contributed by atoms with Gasteiger partial charge in [0, 0.05) is 22.2 Å². The zero-order valence-electron chi connectivity index (χ0n) is 7.38. The molecule has 0 bridgehead atoms. The van der Waals surface area contributed by atoms with E-state index in [0.29, 0.717) is 15.8 Å². The molecule has 0 aliphatic carbocycles. The molecule has 0 aliphatic rings. The molecule has 0 N–H and O–H groups in total. The molecule has 0 atom stereocenters. The topological polar surface area (TPSA) is 69.2 Å². The van der Waals surface area contributed by atoms with E-state index in [9.17, 15) is 10.1 Å². The van der Waals surface area contributed by atoms with E-state index >= 15 is 0 Å². The van der Waals surface area contributed by atoms with Crippen molar-refractivity contribution in [3.05, 3.63) is 45.4 Å². The number of oxazole rings is 1. The standard InChI is InChI=1S/C9H5BrN2O3/c10-7-1-6(9-4-11-5-15-9)2-8(3-7)12(13)14/h1-5H. The van der Waals surface area contributed by atoms with Crippen molar-refractivity contribution in [2.24, 2.45) is 0 Å². The Bertz CT molecular complexity index is 496. The molecule has 0 unspecified atom stereocenters. The van der Waals surface area contributed by atoms with Crippen molar-refractivity contribution in [3.8, 4) is 11.3 Å². The summed E-state index contributed by atoms with van der Waals surface area (Å²) in [5, 5.41) is 10.6. The molecule has 0 saturated carbocycles. The molecule has 1 heterocycles. The molecule has 0 radical (unpaired) electrons. The summed E-state index contributed by atoms with van der Waals surface area (Å²) in [6.45, 7) is 0. The van der Waals surface area contributed by atoms with Crippen LogP contribution >= 0.6 is 15.9 Å². The molecule has 15 heavy (non-hydrogen) atoms. The van der Waals surface area contributed by atoms with Crippen molar-refractivity contribution in [3.63, 3.8) is 0 Å². The van der Waals surface area contributed by atoms with E-state index in [2.05, 4.69) is 20.9 Å². The van der Waals surface area contributed by atoms with E-state index in [4.69, 9.17) is 4.42 Å². The fraction of sp³-hybridized carbons (Fsp3) is 0. The van der Waals surface area contributed by atoms with Gasteiger partial charge in [0.25, 0.3) is 5.69 Å². The summed E-state index contributed by atoms with van der Waals surface area (Å²) in [7, 11) is 0. The highest BCUT2D eigenvalue weighted by atomic mass is 79.9. The molecule has 0 fully saturated rings. The first-order valence-corrected chi connectivity index (χ1v) is 4.80. The van der Waals surface area contributed by atoms with Gasteiger partial charge in [0.15, 0.2) is 12.2 Å². The van der Waals surface area contributed by atoms with Crippen molar-refractivity contribution in [2.75, 3.05) is 0 Å².